The van der Waals surface area contributed by atoms with Crippen molar-refractivity contribution >= 4 is 44.5 Å². The normalized spacial score (nSPS) is 12.4. The standard InChI is InChI=1S/C14H13N3OS2/c1-8(9-4-6-19-7-9)17-14(18)13-11(15)12-10(20-13)3-2-5-16-12/h2-8H,15H2,1H3,(H,17,18). The Morgan fingerprint density at radius 3 is 3.00 bits per heavy atom. The van der Waals surface area contributed by atoms with Crippen LogP contribution in [0, 0.1) is 0 Å². The second-order valence-corrected chi connectivity index (χ2v) is 6.28. The molecular formula is C14H13N3OS2. The van der Waals surface area contributed by atoms with E-state index < -0.39 is 0 Å². The van der Waals surface area contributed by atoms with Gasteiger partial charge < -0.3 is 11.1 Å². The number of carbonyl (C=O) groups is 1. The summed E-state index contributed by atoms with van der Waals surface area (Å²) < 4.78 is 0.929. The van der Waals surface area contributed by atoms with Gasteiger partial charge in [0, 0.05) is 6.20 Å². The van der Waals surface area contributed by atoms with Crippen molar-refractivity contribution in [2.75, 3.05) is 5.73 Å². The van der Waals surface area contributed by atoms with Crippen LogP contribution in [0.1, 0.15) is 28.2 Å². The van der Waals surface area contributed by atoms with E-state index >= 15 is 0 Å². The van der Waals surface area contributed by atoms with Gasteiger partial charge in [-0.3, -0.25) is 9.78 Å². The summed E-state index contributed by atoms with van der Waals surface area (Å²) in [6.07, 6.45) is 1.68. The number of amides is 1. The van der Waals surface area contributed by atoms with E-state index in [0.717, 1.165) is 10.3 Å². The van der Waals surface area contributed by atoms with Crippen LogP contribution in [0.15, 0.2) is 35.2 Å². The van der Waals surface area contributed by atoms with Crippen LogP contribution in [0.4, 0.5) is 5.69 Å². The van der Waals surface area contributed by atoms with E-state index in [0.29, 0.717) is 16.1 Å². The Bertz CT molecular complexity index is 749. The minimum atomic E-state index is -0.149. The Hall–Kier alpha value is -1.92. The molecule has 3 aromatic rings. The summed E-state index contributed by atoms with van der Waals surface area (Å²) in [4.78, 5) is 17.1. The molecule has 0 aromatic carbocycles. The lowest BCUT2D eigenvalue weighted by Crippen LogP contribution is -2.26. The van der Waals surface area contributed by atoms with Gasteiger partial charge in [-0.1, -0.05) is 0 Å². The van der Waals surface area contributed by atoms with Crippen molar-refractivity contribution in [2.45, 2.75) is 13.0 Å². The molecule has 3 rings (SSSR count). The molecule has 102 valence electrons. The molecule has 4 nitrogen and oxygen atoms in total. The molecule has 3 heterocycles. The first kappa shape index (κ1) is 13.1. The summed E-state index contributed by atoms with van der Waals surface area (Å²) in [5.74, 6) is -0.149. The van der Waals surface area contributed by atoms with E-state index in [1.807, 2.05) is 35.9 Å². The third kappa shape index (κ3) is 2.28. The fourth-order valence-electron chi connectivity index (χ4n) is 1.98. The first-order valence-electron chi connectivity index (χ1n) is 6.12. The minimum absolute atomic E-state index is 0.0358. The zero-order chi connectivity index (χ0) is 14.1. The molecule has 1 amide bonds. The van der Waals surface area contributed by atoms with E-state index in [4.69, 9.17) is 5.73 Å². The Morgan fingerprint density at radius 2 is 2.30 bits per heavy atom. The molecule has 0 aliphatic carbocycles. The Kier molecular flexibility index (Phi) is 3.42. The van der Waals surface area contributed by atoms with E-state index in [2.05, 4.69) is 10.3 Å². The van der Waals surface area contributed by atoms with Crippen LogP contribution in [0.5, 0.6) is 0 Å². The molecule has 0 saturated carbocycles. The van der Waals surface area contributed by atoms with E-state index in [1.165, 1.54) is 11.3 Å². The average molecular weight is 303 g/mol. The van der Waals surface area contributed by atoms with E-state index in [-0.39, 0.29) is 11.9 Å². The van der Waals surface area contributed by atoms with Crippen molar-refractivity contribution in [2.24, 2.45) is 0 Å². The van der Waals surface area contributed by atoms with Gasteiger partial charge in [0.05, 0.1) is 16.4 Å². The van der Waals surface area contributed by atoms with Gasteiger partial charge >= 0.3 is 0 Å². The van der Waals surface area contributed by atoms with Crippen LogP contribution in [0.3, 0.4) is 0 Å². The van der Waals surface area contributed by atoms with Gasteiger partial charge in [0.15, 0.2) is 0 Å². The molecular weight excluding hydrogens is 290 g/mol. The topological polar surface area (TPSA) is 68.0 Å². The van der Waals surface area contributed by atoms with Gasteiger partial charge in [0.25, 0.3) is 5.91 Å². The van der Waals surface area contributed by atoms with Crippen LogP contribution < -0.4 is 11.1 Å². The number of anilines is 1. The molecule has 0 aliphatic rings. The van der Waals surface area contributed by atoms with Crippen LogP contribution in [0.2, 0.25) is 0 Å². The molecule has 0 radical (unpaired) electrons. The molecule has 20 heavy (non-hydrogen) atoms. The quantitative estimate of drug-likeness (QED) is 0.779. The van der Waals surface area contributed by atoms with E-state index in [9.17, 15) is 4.79 Å². The smallest absolute Gasteiger partial charge is 0.264 e. The molecule has 1 unspecified atom stereocenters. The third-order valence-corrected chi connectivity index (χ3v) is 4.94. The summed E-state index contributed by atoms with van der Waals surface area (Å²) in [6, 6.07) is 5.73. The Balaban J connectivity index is 1.87. The van der Waals surface area contributed by atoms with Gasteiger partial charge in [0.2, 0.25) is 0 Å². The molecule has 6 heteroatoms. The molecule has 0 fully saturated rings. The Morgan fingerprint density at radius 1 is 1.45 bits per heavy atom. The summed E-state index contributed by atoms with van der Waals surface area (Å²) in [7, 11) is 0. The molecule has 0 bridgehead atoms. The van der Waals surface area contributed by atoms with Crippen LogP contribution in [-0.4, -0.2) is 10.9 Å². The first-order chi connectivity index (χ1) is 9.66. The second-order valence-electron chi connectivity index (χ2n) is 4.45. The number of aromatic nitrogens is 1. The highest BCUT2D eigenvalue weighted by atomic mass is 32.1. The number of nitrogens with zero attached hydrogens (tertiary/aromatic N) is 1. The van der Waals surface area contributed by atoms with Gasteiger partial charge in [-0.05, 0) is 41.4 Å². The predicted octanol–water partition coefficient (Wildman–Crippen LogP) is 3.43. The van der Waals surface area contributed by atoms with Gasteiger partial charge in [-0.15, -0.1) is 11.3 Å². The maximum atomic E-state index is 12.3. The van der Waals surface area contributed by atoms with Crippen LogP contribution in [0.25, 0.3) is 10.2 Å². The number of nitrogens with two attached hydrogens (primary N) is 1. The van der Waals surface area contributed by atoms with Crippen LogP contribution >= 0.6 is 22.7 Å². The van der Waals surface area contributed by atoms with Crippen molar-refractivity contribution in [3.8, 4) is 0 Å². The highest BCUT2D eigenvalue weighted by molar-refractivity contribution is 7.21. The van der Waals surface area contributed by atoms with E-state index in [1.54, 1.807) is 17.5 Å². The van der Waals surface area contributed by atoms with Gasteiger partial charge in [0.1, 0.15) is 10.4 Å². The van der Waals surface area contributed by atoms with Crippen LogP contribution in [-0.2, 0) is 0 Å². The monoisotopic (exact) mass is 303 g/mol. The lowest BCUT2D eigenvalue weighted by Gasteiger charge is -2.11. The van der Waals surface area contributed by atoms with Crippen molar-refractivity contribution in [3.63, 3.8) is 0 Å². The number of nitrogen functional groups attached to an aromatic ring is 1. The number of rotatable bonds is 3. The summed E-state index contributed by atoms with van der Waals surface area (Å²) in [5.41, 5.74) is 8.28. The molecule has 0 aliphatic heterocycles. The molecule has 0 spiro atoms. The number of hydrogen-bond donors (Lipinski definition) is 2. The maximum absolute atomic E-state index is 12.3. The van der Waals surface area contributed by atoms with Crippen molar-refractivity contribution in [3.05, 3.63) is 45.6 Å². The summed E-state index contributed by atoms with van der Waals surface area (Å²) in [6.45, 7) is 1.96. The van der Waals surface area contributed by atoms with Gasteiger partial charge in [-0.2, -0.15) is 11.3 Å². The molecule has 0 saturated heterocycles. The number of hydrogen-bond acceptors (Lipinski definition) is 5. The second kappa shape index (κ2) is 5.22. The maximum Gasteiger partial charge on any atom is 0.264 e. The zero-order valence-electron chi connectivity index (χ0n) is 10.8. The largest absolute Gasteiger partial charge is 0.396 e. The highest BCUT2D eigenvalue weighted by Gasteiger charge is 2.19. The number of thiophene rings is 2. The zero-order valence-corrected chi connectivity index (χ0v) is 12.4. The number of pyridine rings is 1. The average Bonchev–Trinajstić information content (AvgIpc) is 3.07. The minimum Gasteiger partial charge on any atom is -0.396 e. The fourth-order valence-corrected chi connectivity index (χ4v) is 3.72. The SMILES string of the molecule is CC(NC(=O)c1sc2cccnc2c1N)c1ccsc1. The number of nitrogens with one attached hydrogen (secondary N) is 1. The third-order valence-electron chi connectivity index (χ3n) is 3.08. The molecule has 1 atom stereocenters. The predicted molar refractivity (Wildman–Crippen MR) is 84.2 cm³/mol. The number of fused-ring (bicyclic) bond motifs is 1. The van der Waals surface area contributed by atoms with Gasteiger partial charge in [-0.25, -0.2) is 0 Å². The Labute approximate surface area is 124 Å². The summed E-state index contributed by atoms with van der Waals surface area (Å²) >= 11 is 2.99. The molecule has 3 aromatic heterocycles. The number of carbonyl (C=O) groups excluding carboxylic acids is 1. The van der Waals surface area contributed by atoms with Crippen molar-refractivity contribution in [1.82, 2.24) is 10.3 Å². The highest BCUT2D eigenvalue weighted by Crippen LogP contribution is 2.32. The van der Waals surface area contributed by atoms with Crippen molar-refractivity contribution < 1.29 is 4.79 Å². The fraction of sp³-hybridized carbons (Fsp3) is 0.143. The first-order valence-corrected chi connectivity index (χ1v) is 7.88. The lowest BCUT2D eigenvalue weighted by molar-refractivity contribution is 0.0945. The summed E-state index contributed by atoms with van der Waals surface area (Å²) in [5, 5.41) is 7.00. The molecule has 3 N–H and O–H groups in total. The lowest BCUT2D eigenvalue weighted by atomic mass is 10.2. The van der Waals surface area contributed by atoms with Crippen molar-refractivity contribution in [1.29, 1.82) is 0 Å².